The van der Waals surface area contributed by atoms with Crippen molar-refractivity contribution in [1.82, 2.24) is 4.90 Å². The summed E-state index contributed by atoms with van der Waals surface area (Å²) in [6.45, 7) is 6.76. The van der Waals surface area contributed by atoms with E-state index in [1.165, 1.54) is 12.8 Å². The van der Waals surface area contributed by atoms with Crippen LogP contribution in [0.3, 0.4) is 0 Å². The minimum Gasteiger partial charge on any atom is -0.507 e. The predicted molar refractivity (Wildman–Crippen MR) is 171 cm³/mol. The molecule has 9 heteroatoms. The van der Waals surface area contributed by atoms with Crippen LogP contribution in [0.1, 0.15) is 127 Å². The van der Waals surface area contributed by atoms with Gasteiger partial charge in [0, 0.05) is 18.4 Å². The Bertz CT molecular complexity index is 1150. The molecule has 8 atom stereocenters. The molecule has 0 aromatic heterocycles. The highest BCUT2D eigenvalue weighted by molar-refractivity contribution is 9.10. The summed E-state index contributed by atoms with van der Waals surface area (Å²) in [5.74, 6) is -2.60. The number of likely N-dealkylation sites (tertiary alicyclic amines) is 1. The van der Waals surface area contributed by atoms with Crippen LogP contribution in [-0.4, -0.2) is 47.4 Å². The molecule has 5 rings (SSSR count). The lowest BCUT2D eigenvalue weighted by Gasteiger charge is -2.55. The maximum absolute atomic E-state index is 16.2. The number of phenols is 1. The summed E-state index contributed by atoms with van der Waals surface area (Å²) in [4.78, 5) is 2.55. The number of halogens is 7. The standard InChI is InChI=1S/C36H52BrF6NO/c1-23-14-16-28-31-24(21-27-26(15-17-30(45)33(27)37)32(31)29(38)22-34(23,28)2)11-6-5-9-19-44-20-10-13-25(44)12-7-3-4-8-18-35(39,40)36(41,42)43/h15,17,23-25,28-29,31-32,45H,3-14,16,18-22H2,1-2H3/t23?,24-,25?,28?,29?,31?,32?,34?/m1/s1. The minimum atomic E-state index is -5.45. The van der Waals surface area contributed by atoms with Gasteiger partial charge in [-0.3, -0.25) is 0 Å². The molecule has 1 N–H and O–H groups in total. The monoisotopic (exact) mass is 707 g/mol. The third kappa shape index (κ3) is 7.39. The first-order chi connectivity index (χ1) is 21.2. The van der Waals surface area contributed by atoms with E-state index < -0.39 is 24.7 Å². The molecule has 2 nitrogen and oxygen atoms in total. The van der Waals surface area contributed by atoms with E-state index in [-0.39, 0.29) is 23.5 Å². The van der Waals surface area contributed by atoms with Crippen molar-refractivity contribution in [3.8, 4) is 5.75 Å². The lowest BCUT2D eigenvalue weighted by molar-refractivity contribution is -0.284. The summed E-state index contributed by atoms with van der Waals surface area (Å²) in [5.41, 5.74) is 2.27. The number of nitrogens with zero attached hydrogens (tertiary/aromatic N) is 1. The van der Waals surface area contributed by atoms with Crippen LogP contribution in [-0.2, 0) is 6.42 Å². The van der Waals surface area contributed by atoms with Gasteiger partial charge in [-0.05, 0) is 140 Å². The van der Waals surface area contributed by atoms with Crippen LogP contribution in [0.5, 0.6) is 5.75 Å². The Hall–Kier alpha value is -0.960. The van der Waals surface area contributed by atoms with Crippen molar-refractivity contribution in [3.05, 3.63) is 27.7 Å². The van der Waals surface area contributed by atoms with Crippen molar-refractivity contribution in [1.29, 1.82) is 0 Å². The third-order valence-corrected chi connectivity index (χ3v) is 13.5. The molecule has 4 aliphatic rings. The van der Waals surface area contributed by atoms with Crippen LogP contribution in [0.15, 0.2) is 16.6 Å². The van der Waals surface area contributed by atoms with Crippen LogP contribution in [0.2, 0.25) is 0 Å². The Labute approximate surface area is 274 Å². The van der Waals surface area contributed by atoms with Crippen molar-refractivity contribution in [3.63, 3.8) is 0 Å². The van der Waals surface area contributed by atoms with E-state index in [2.05, 4.69) is 34.7 Å². The number of fused-ring (bicyclic) bond motifs is 5. The summed E-state index contributed by atoms with van der Waals surface area (Å²) in [6, 6.07) is 4.19. The molecule has 0 spiro atoms. The third-order valence-electron chi connectivity index (χ3n) is 12.6. The van der Waals surface area contributed by atoms with Gasteiger partial charge in [0.1, 0.15) is 11.9 Å². The summed E-state index contributed by atoms with van der Waals surface area (Å²) >= 11 is 3.64. The highest BCUT2D eigenvalue weighted by atomic mass is 79.9. The molecule has 2 saturated carbocycles. The summed E-state index contributed by atoms with van der Waals surface area (Å²) in [6.07, 6.45) is 6.00. The second kappa shape index (κ2) is 14.3. The highest BCUT2D eigenvalue weighted by Crippen LogP contribution is 2.65. The number of hydrogen-bond acceptors (Lipinski definition) is 2. The topological polar surface area (TPSA) is 23.5 Å². The Morgan fingerprint density at radius 2 is 1.67 bits per heavy atom. The maximum atomic E-state index is 16.2. The van der Waals surface area contributed by atoms with Crippen molar-refractivity contribution in [2.24, 2.45) is 29.1 Å². The molecule has 0 radical (unpaired) electrons. The van der Waals surface area contributed by atoms with Crippen LogP contribution in [0.4, 0.5) is 26.3 Å². The maximum Gasteiger partial charge on any atom is 0.453 e. The fourth-order valence-corrected chi connectivity index (χ4v) is 10.5. The van der Waals surface area contributed by atoms with Gasteiger partial charge in [-0.25, -0.2) is 4.39 Å². The molecule has 7 unspecified atom stereocenters. The second-order valence-corrected chi connectivity index (χ2v) is 16.0. The van der Waals surface area contributed by atoms with Gasteiger partial charge in [-0.1, -0.05) is 52.0 Å². The molecule has 1 aromatic carbocycles. The zero-order valence-electron chi connectivity index (χ0n) is 27.0. The van der Waals surface area contributed by atoms with Gasteiger partial charge in [-0.15, -0.1) is 0 Å². The van der Waals surface area contributed by atoms with Crippen molar-refractivity contribution < 1.29 is 31.4 Å². The molecule has 3 fully saturated rings. The predicted octanol–water partition coefficient (Wildman–Crippen LogP) is 11.4. The molecule has 3 aliphatic carbocycles. The highest BCUT2D eigenvalue weighted by Gasteiger charge is 2.59. The zero-order chi connectivity index (χ0) is 32.6. The molecule has 1 heterocycles. The van der Waals surface area contributed by atoms with Gasteiger partial charge in [-0.2, -0.15) is 22.0 Å². The van der Waals surface area contributed by atoms with Crippen LogP contribution >= 0.6 is 15.9 Å². The summed E-state index contributed by atoms with van der Waals surface area (Å²) in [5, 5.41) is 10.5. The largest absolute Gasteiger partial charge is 0.507 e. The van der Waals surface area contributed by atoms with Crippen LogP contribution < -0.4 is 0 Å². The molecule has 0 bridgehead atoms. The molecular weight excluding hydrogens is 656 g/mol. The number of rotatable bonds is 13. The molecule has 0 amide bonds. The number of unbranched alkanes of at least 4 members (excludes halogenated alkanes) is 5. The van der Waals surface area contributed by atoms with Crippen molar-refractivity contribution >= 4 is 15.9 Å². The zero-order valence-corrected chi connectivity index (χ0v) is 28.6. The number of alkyl halides is 6. The second-order valence-electron chi connectivity index (χ2n) is 15.2. The average molecular weight is 709 g/mol. The van der Waals surface area contributed by atoms with Gasteiger partial charge in [0.15, 0.2) is 0 Å². The van der Waals surface area contributed by atoms with Crippen molar-refractivity contribution in [2.45, 2.75) is 147 Å². The summed E-state index contributed by atoms with van der Waals surface area (Å²) < 4.78 is 80.2. The van der Waals surface area contributed by atoms with E-state index in [1.54, 1.807) is 6.07 Å². The summed E-state index contributed by atoms with van der Waals surface area (Å²) in [7, 11) is 0. The molecule has 1 aliphatic heterocycles. The molecule has 45 heavy (non-hydrogen) atoms. The van der Waals surface area contributed by atoms with E-state index in [0.717, 1.165) is 86.5 Å². The Kier molecular flexibility index (Phi) is 11.2. The first-order valence-corrected chi connectivity index (χ1v) is 18.4. The quantitative estimate of drug-likeness (QED) is 0.163. The Morgan fingerprint density at radius 1 is 0.956 bits per heavy atom. The van der Waals surface area contributed by atoms with E-state index in [1.807, 2.05) is 6.07 Å². The lowest BCUT2D eigenvalue weighted by atomic mass is 9.50. The van der Waals surface area contributed by atoms with Crippen LogP contribution in [0.25, 0.3) is 0 Å². The van der Waals surface area contributed by atoms with Gasteiger partial charge in [0.2, 0.25) is 0 Å². The lowest BCUT2D eigenvalue weighted by Crippen LogP contribution is -2.50. The molecule has 1 saturated heterocycles. The number of aromatic hydroxyl groups is 1. The van der Waals surface area contributed by atoms with Gasteiger partial charge in [0.05, 0.1) is 4.47 Å². The van der Waals surface area contributed by atoms with E-state index in [0.29, 0.717) is 49.0 Å². The molecule has 1 aromatic rings. The van der Waals surface area contributed by atoms with Gasteiger partial charge < -0.3 is 10.0 Å². The smallest absolute Gasteiger partial charge is 0.453 e. The molecule has 256 valence electrons. The normalized spacial score (nSPS) is 33.7. The van der Waals surface area contributed by atoms with Crippen LogP contribution in [0, 0.1) is 29.1 Å². The SMILES string of the molecule is CC1CCC2C3C(c4ccc(O)c(Br)c4C[C@H]3CCCCCN3CCCC3CCCCCCC(F)(F)C(F)(F)F)C(F)CC12C. The van der Waals surface area contributed by atoms with E-state index in [9.17, 15) is 27.1 Å². The average Bonchev–Trinajstić information content (AvgIpc) is 3.54. The van der Waals surface area contributed by atoms with Crippen molar-refractivity contribution in [2.75, 3.05) is 13.1 Å². The number of benzene rings is 1. The minimum absolute atomic E-state index is 0.0589. The van der Waals surface area contributed by atoms with Gasteiger partial charge in [0.25, 0.3) is 0 Å². The number of hydrogen-bond donors (Lipinski definition) is 1. The van der Waals surface area contributed by atoms with E-state index >= 15 is 4.39 Å². The molecular formula is C36H52BrF6NO. The first-order valence-electron chi connectivity index (χ1n) is 17.6. The number of phenolic OH excluding ortho intramolecular Hbond substituents is 1. The van der Waals surface area contributed by atoms with E-state index in [4.69, 9.17) is 0 Å². The Balaban J connectivity index is 1.10. The fourth-order valence-electron chi connectivity index (χ4n) is 9.97. The fraction of sp³-hybridized carbons (Fsp3) is 0.833. The Morgan fingerprint density at radius 3 is 2.42 bits per heavy atom. The first kappa shape index (κ1) is 35.3. The van der Waals surface area contributed by atoms with Gasteiger partial charge >= 0.3 is 12.1 Å².